The van der Waals surface area contributed by atoms with Crippen molar-refractivity contribution < 1.29 is 9.53 Å². The summed E-state index contributed by atoms with van der Waals surface area (Å²) in [4.78, 5) is 11.4. The van der Waals surface area contributed by atoms with Crippen molar-refractivity contribution in [3.05, 3.63) is 41.7 Å². The van der Waals surface area contributed by atoms with Gasteiger partial charge in [-0.25, -0.2) is 4.79 Å². The van der Waals surface area contributed by atoms with E-state index in [2.05, 4.69) is 4.74 Å². The van der Waals surface area contributed by atoms with Crippen molar-refractivity contribution in [2.45, 2.75) is 0 Å². The fourth-order valence-corrected chi connectivity index (χ4v) is 1.45. The number of pyridine rings is 1. The van der Waals surface area contributed by atoms with Crippen LogP contribution in [0.1, 0.15) is 15.9 Å². The molecular weight excluding hydrogens is 192 g/mol. The van der Waals surface area contributed by atoms with E-state index in [1.807, 2.05) is 6.07 Å². The second-order valence-corrected chi connectivity index (χ2v) is 3.04. The molecule has 2 heterocycles. The maximum absolute atomic E-state index is 11.4. The molecule has 2 aromatic rings. The van der Waals surface area contributed by atoms with E-state index in [0.717, 1.165) is 0 Å². The number of esters is 1. The van der Waals surface area contributed by atoms with Crippen LogP contribution in [-0.4, -0.2) is 17.5 Å². The first-order valence-corrected chi connectivity index (χ1v) is 4.35. The number of aromatic nitrogens is 1. The number of nitriles is 1. The first-order valence-electron chi connectivity index (χ1n) is 4.35. The zero-order valence-corrected chi connectivity index (χ0v) is 8.10. The lowest BCUT2D eigenvalue weighted by Gasteiger charge is -1.98. The van der Waals surface area contributed by atoms with E-state index < -0.39 is 5.97 Å². The zero-order chi connectivity index (χ0) is 10.8. The Balaban J connectivity index is 2.67. The fourth-order valence-electron chi connectivity index (χ4n) is 1.45. The highest BCUT2D eigenvalue weighted by Crippen LogP contribution is 2.15. The number of ether oxygens (including phenoxy) is 1. The third-order valence-electron chi connectivity index (χ3n) is 2.20. The monoisotopic (exact) mass is 200 g/mol. The molecule has 0 fully saturated rings. The lowest BCUT2D eigenvalue weighted by molar-refractivity contribution is 0.0603. The van der Waals surface area contributed by atoms with Crippen molar-refractivity contribution >= 4 is 11.5 Å². The summed E-state index contributed by atoms with van der Waals surface area (Å²) in [5.41, 5.74) is 1.67. The molecule has 4 heteroatoms. The molecule has 0 aliphatic carbocycles. The maximum Gasteiger partial charge on any atom is 0.340 e. The number of nitrogens with zero attached hydrogens (tertiary/aromatic N) is 2. The Hall–Kier alpha value is -2.28. The maximum atomic E-state index is 11.4. The summed E-state index contributed by atoms with van der Waals surface area (Å²) in [5, 5.41) is 8.75. The molecule has 15 heavy (non-hydrogen) atoms. The Kier molecular flexibility index (Phi) is 2.14. The van der Waals surface area contributed by atoms with Crippen molar-refractivity contribution in [3.63, 3.8) is 0 Å². The standard InChI is InChI=1S/C11H8N2O2/c1-15-11(14)9-3-5-13-4-2-8(7-12)6-10(9)13/h2-6H,1H3. The van der Waals surface area contributed by atoms with Crippen LogP contribution < -0.4 is 0 Å². The number of hydrogen-bond donors (Lipinski definition) is 0. The third kappa shape index (κ3) is 1.44. The van der Waals surface area contributed by atoms with E-state index in [0.29, 0.717) is 16.6 Å². The molecule has 0 atom stereocenters. The van der Waals surface area contributed by atoms with Crippen LogP contribution in [0.3, 0.4) is 0 Å². The van der Waals surface area contributed by atoms with Crippen LogP contribution in [0.5, 0.6) is 0 Å². The van der Waals surface area contributed by atoms with E-state index in [1.54, 1.807) is 35.0 Å². The van der Waals surface area contributed by atoms with Gasteiger partial charge < -0.3 is 9.14 Å². The van der Waals surface area contributed by atoms with Crippen LogP contribution >= 0.6 is 0 Å². The molecule has 2 aromatic heterocycles. The summed E-state index contributed by atoms with van der Waals surface area (Å²) in [5.74, 6) is -0.396. The van der Waals surface area contributed by atoms with Gasteiger partial charge in [-0.1, -0.05) is 0 Å². The van der Waals surface area contributed by atoms with Crippen molar-refractivity contribution in [1.82, 2.24) is 4.40 Å². The van der Waals surface area contributed by atoms with Crippen LogP contribution in [0.15, 0.2) is 30.6 Å². The van der Waals surface area contributed by atoms with Crippen LogP contribution in [0.2, 0.25) is 0 Å². The zero-order valence-electron chi connectivity index (χ0n) is 8.10. The average molecular weight is 200 g/mol. The summed E-state index contributed by atoms with van der Waals surface area (Å²) in [6.07, 6.45) is 3.49. The first kappa shape index (κ1) is 9.28. The number of rotatable bonds is 1. The van der Waals surface area contributed by atoms with Crippen molar-refractivity contribution in [2.75, 3.05) is 7.11 Å². The number of carbonyl (C=O) groups excluding carboxylic acids is 1. The van der Waals surface area contributed by atoms with Gasteiger partial charge in [-0.3, -0.25) is 0 Å². The Morgan fingerprint density at radius 2 is 2.20 bits per heavy atom. The van der Waals surface area contributed by atoms with Gasteiger partial charge in [0.2, 0.25) is 0 Å². The van der Waals surface area contributed by atoms with Crippen molar-refractivity contribution in [3.8, 4) is 6.07 Å². The quantitative estimate of drug-likeness (QED) is 0.657. The van der Waals surface area contributed by atoms with Gasteiger partial charge in [0.05, 0.1) is 29.8 Å². The normalized spacial score (nSPS) is 9.87. The number of fused-ring (bicyclic) bond motifs is 1. The summed E-state index contributed by atoms with van der Waals surface area (Å²) in [7, 11) is 1.33. The van der Waals surface area contributed by atoms with E-state index in [4.69, 9.17) is 5.26 Å². The first-order chi connectivity index (χ1) is 7.26. The minimum atomic E-state index is -0.396. The SMILES string of the molecule is COC(=O)c1ccn2ccc(C#N)cc12. The highest BCUT2D eigenvalue weighted by atomic mass is 16.5. The van der Waals surface area contributed by atoms with Gasteiger partial charge in [-0.2, -0.15) is 5.26 Å². The summed E-state index contributed by atoms with van der Waals surface area (Å²) >= 11 is 0. The van der Waals surface area contributed by atoms with E-state index >= 15 is 0 Å². The molecule has 2 rings (SSSR count). The molecule has 0 aliphatic heterocycles. The van der Waals surface area contributed by atoms with Gasteiger partial charge in [-0.15, -0.1) is 0 Å². The molecule has 0 N–H and O–H groups in total. The topological polar surface area (TPSA) is 54.5 Å². The summed E-state index contributed by atoms with van der Waals surface area (Å²) in [6.45, 7) is 0. The molecule has 0 saturated heterocycles. The molecule has 0 saturated carbocycles. The molecule has 0 aliphatic rings. The van der Waals surface area contributed by atoms with Crippen LogP contribution in [-0.2, 0) is 4.74 Å². The van der Waals surface area contributed by atoms with Crippen molar-refractivity contribution in [2.24, 2.45) is 0 Å². The Bertz CT molecular complexity index is 563. The number of carbonyl (C=O) groups is 1. The molecule has 0 aromatic carbocycles. The number of methoxy groups -OCH3 is 1. The fraction of sp³-hybridized carbons (Fsp3) is 0.0909. The van der Waals surface area contributed by atoms with Gasteiger partial charge in [0.1, 0.15) is 0 Å². The van der Waals surface area contributed by atoms with Crippen molar-refractivity contribution in [1.29, 1.82) is 5.26 Å². The smallest absolute Gasteiger partial charge is 0.340 e. The molecular formula is C11H8N2O2. The molecule has 74 valence electrons. The minimum Gasteiger partial charge on any atom is -0.465 e. The second-order valence-electron chi connectivity index (χ2n) is 3.04. The van der Waals surface area contributed by atoms with Crippen LogP contribution in [0.25, 0.3) is 5.52 Å². The Labute approximate surface area is 86.3 Å². The largest absolute Gasteiger partial charge is 0.465 e. The molecule has 0 radical (unpaired) electrons. The van der Waals surface area contributed by atoms with Gasteiger partial charge in [0.15, 0.2) is 0 Å². The number of hydrogen-bond acceptors (Lipinski definition) is 3. The highest BCUT2D eigenvalue weighted by molar-refractivity contribution is 5.97. The average Bonchev–Trinajstić information content (AvgIpc) is 2.70. The highest BCUT2D eigenvalue weighted by Gasteiger charge is 2.11. The molecule has 0 bridgehead atoms. The minimum absolute atomic E-state index is 0.396. The van der Waals surface area contributed by atoms with Gasteiger partial charge in [0, 0.05) is 12.4 Å². The van der Waals surface area contributed by atoms with Gasteiger partial charge >= 0.3 is 5.97 Å². The molecule has 4 nitrogen and oxygen atoms in total. The third-order valence-corrected chi connectivity index (χ3v) is 2.20. The summed E-state index contributed by atoms with van der Waals surface area (Å²) in [6, 6.07) is 7.04. The Morgan fingerprint density at radius 3 is 2.87 bits per heavy atom. The van der Waals surface area contributed by atoms with Gasteiger partial charge in [-0.05, 0) is 18.2 Å². The second kappa shape index (κ2) is 3.46. The van der Waals surface area contributed by atoms with E-state index in [1.165, 1.54) is 7.11 Å². The van der Waals surface area contributed by atoms with E-state index in [-0.39, 0.29) is 0 Å². The predicted molar refractivity (Wildman–Crippen MR) is 53.5 cm³/mol. The summed E-state index contributed by atoms with van der Waals surface area (Å²) < 4.78 is 6.41. The van der Waals surface area contributed by atoms with Crippen LogP contribution in [0, 0.1) is 11.3 Å². The predicted octanol–water partition coefficient (Wildman–Crippen LogP) is 1.60. The van der Waals surface area contributed by atoms with E-state index in [9.17, 15) is 4.79 Å². The lowest BCUT2D eigenvalue weighted by Crippen LogP contribution is -2.00. The Morgan fingerprint density at radius 1 is 1.47 bits per heavy atom. The molecule has 0 spiro atoms. The molecule has 0 amide bonds. The molecule has 0 unspecified atom stereocenters. The van der Waals surface area contributed by atoms with Crippen LogP contribution in [0.4, 0.5) is 0 Å². The lowest BCUT2D eigenvalue weighted by atomic mass is 10.2. The van der Waals surface area contributed by atoms with Gasteiger partial charge in [0.25, 0.3) is 0 Å².